The fourth-order valence-electron chi connectivity index (χ4n) is 1.46. The SMILES string of the molecule is O=Cc1c(O)cc(F)c2ccccc12. The lowest BCUT2D eigenvalue weighted by Gasteiger charge is -2.04. The largest absolute Gasteiger partial charge is 0.507 e. The molecular formula is C11H7FO2. The van der Waals surface area contributed by atoms with E-state index < -0.39 is 5.82 Å². The molecule has 0 fully saturated rings. The second-order valence-electron chi connectivity index (χ2n) is 2.95. The Balaban J connectivity index is 2.97. The first-order valence-corrected chi connectivity index (χ1v) is 4.09. The Morgan fingerprint density at radius 1 is 1.21 bits per heavy atom. The van der Waals surface area contributed by atoms with Gasteiger partial charge >= 0.3 is 0 Å². The quantitative estimate of drug-likeness (QED) is 0.701. The number of hydrogen-bond donors (Lipinski definition) is 1. The Morgan fingerprint density at radius 3 is 2.50 bits per heavy atom. The van der Waals surface area contributed by atoms with Crippen LogP contribution in [0.25, 0.3) is 10.8 Å². The number of carbonyl (C=O) groups is 1. The third kappa shape index (κ3) is 1.14. The van der Waals surface area contributed by atoms with Crippen LogP contribution in [-0.4, -0.2) is 11.4 Å². The summed E-state index contributed by atoms with van der Waals surface area (Å²) < 4.78 is 13.3. The summed E-state index contributed by atoms with van der Waals surface area (Å²) in [6, 6.07) is 7.48. The Labute approximate surface area is 79.6 Å². The molecule has 0 saturated carbocycles. The van der Waals surface area contributed by atoms with Gasteiger partial charge < -0.3 is 5.11 Å². The van der Waals surface area contributed by atoms with E-state index in [-0.39, 0.29) is 11.3 Å². The van der Waals surface area contributed by atoms with E-state index in [0.717, 1.165) is 6.07 Å². The molecule has 0 aromatic heterocycles. The molecular weight excluding hydrogens is 183 g/mol. The fourth-order valence-corrected chi connectivity index (χ4v) is 1.46. The van der Waals surface area contributed by atoms with Crippen LogP contribution in [0, 0.1) is 5.82 Å². The second kappa shape index (κ2) is 3.10. The number of phenolic OH excluding ortho intramolecular Hbond substituents is 1. The van der Waals surface area contributed by atoms with Crippen LogP contribution < -0.4 is 0 Å². The van der Waals surface area contributed by atoms with Gasteiger partial charge in [-0.15, -0.1) is 0 Å². The second-order valence-corrected chi connectivity index (χ2v) is 2.95. The van der Waals surface area contributed by atoms with E-state index in [1.165, 1.54) is 0 Å². The molecule has 0 atom stereocenters. The molecule has 14 heavy (non-hydrogen) atoms. The summed E-state index contributed by atoms with van der Waals surface area (Å²) in [5.74, 6) is -0.847. The molecule has 2 aromatic carbocycles. The smallest absolute Gasteiger partial charge is 0.154 e. The topological polar surface area (TPSA) is 37.3 Å². The minimum atomic E-state index is -0.524. The normalized spacial score (nSPS) is 10.4. The molecule has 0 bridgehead atoms. The maximum atomic E-state index is 13.3. The van der Waals surface area contributed by atoms with Crippen molar-refractivity contribution in [1.82, 2.24) is 0 Å². The van der Waals surface area contributed by atoms with E-state index in [4.69, 9.17) is 0 Å². The van der Waals surface area contributed by atoms with Crippen LogP contribution in [0.3, 0.4) is 0 Å². The summed E-state index contributed by atoms with van der Waals surface area (Å²) in [7, 11) is 0. The number of rotatable bonds is 1. The highest BCUT2D eigenvalue weighted by atomic mass is 19.1. The van der Waals surface area contributed by atoms with Crippen LogP contribution >= 0.6 is 0 Å². The zero-order valence-electron chi connectivity index (χ0n) is 7.20. The number of benzene rings is 2. The summed E-state index contributed by atoms with van der Waals surface area (Å²) in [5, 5.41) is 10.1. The van der Waals surface area contributed by atoms with Gasteiger partial charge in [-0.3, -0.25) is 4.79 Å². The van der Waals surface area contributed by atoms with Crippen molar-refractivity contribution in [2.24, 2.45) is 0 Å². The molecule has 0 aliphatic heterocycles. The lowest BCUT2D eigenvalue weighted by atomic mass is 10.0. The molecule has 0 spiro atoms. The standard InChI is InChI=1S/C11H7FO2/c12-10-5-11(14)9(6-13)7-3-1-2-4-8(7)10/h1-6,14H. The minimum absolute atomic E-state index is 0.127. The summed E-state index contributed by atoms with van der Waals surface area (Å²) in [5.41, 5.74) is 0.127. The van der Waals surface area contributed by atoms with Crippen LogP contribution in [0.1, 0.15) is 10.4 Å². The van der Waals surface area contributed by atoms with E-state index in [1.54, 1.807) is 24.3 Å². The molecule has 70 valence electrons. The van der Waals surface area contributed by atoms with Crippen molar-refractivity contribution in [3.05, 3.63) is 41.7 Å². The highest BCUT2D eigenvalue weighted by molar-refractivity contribution is 6.00. The van der Waals surface area contributed by atoms with Crippen LogP contribution in [0.2, 0.25) is 0 Å². The Bertz CT molecular complexity index is 506. The van der Waals surface area contributed by atoms with E-state index in [1.807, 2.05) is 0 Å². The molecule has 0 saturated heterocycles. The summed E-state index contributed by atoms with van der Waals surface area (Å²) in [6.45, 7) is 0. The zero-order valence-corrected chi connectivity index (χ0v) is 7.20. The third-order valence-corrected chi connectivity index (χ3v) is 2.13. The fraction of sp³-hybridized carbons (Fsp3) is 0. The van der Waals surface area contributed by atoms with Gasteiger partial charge in [0.1, 0.15) is 11.6 Å². The lowest BCUT2D eigenvalue weighted by molar-refractivity contribution is 0.112. The molecule has 0 aliphatic rings. The lowest BCUT2D eigenvalue weighted by Crippen LogP contribution is -1.88. The van der Waals surface area contributed by atoms with E-state index >= 15 is 0 Å². The molecule has 0 unspecified atom stereocenters. The number of aldehydes is 1. The van der Waals surface area contributed by atoms with Gasteiger partial charge in [-0.05, 0) is 5.39 Å². The van der Waals surface area contributed by atoms with E-state index in [2.05, 4.69) is 0 Å². The minimum Gasteiger partial charge on any atom is -0.507 e. The van der Waals surface area contributed by atoms with Gasteiger partial charge in [0.05, 0.1) is 5.56 Å². The van der Waals surface area contributed by atoms with Crippen LogP contribution in [-0.2, 0) is 0 Å². The summed E-state index contributed by atoms with van der Waals surface area (Å²) >= 11 is 0. The molecule has 3 heteroatoms. The van der Waals surface area contributed by atoms with Crippen molar-refractivity contribution >= 4 is 17.1 Å². The van der Waals surface area contributed by atoms with E-state index in [0.29, 0.717) is 17.1 Å². The van der Waals surface area contributed by atoms with Crippen molar-refractivity contribution in [2.45, 2.75) is 0 Å². The van der Waals surface area contributed by atoms with Crippen molar-refractivity contribution < 1.29 is 14.3 Å². The van der Waals surface area contributed by atoms with E-state index in [9.17, 15) is 14.3 Å². The number of halogens is 1. The molecule has 0 aliphatic carbocycles. The molecule has 2 rings (SSSR count). The molecule has 0 radical (unpaired) electrons. The van der Waals surface area contributed by atoms with Crippen molar-refractivity contribution in [3.8, 4) is 5.75 Å². The van der Waals surface area contributed by atoms with Gasteiger partial charge in [0, 0.05) is 11.5 Å². The number of fused-ring (bicyclic) bond motifs is 1. The first kappa shape index (κ1) is 8.69. The molecule has 0 amide bonds. The van der Waals surface area contributed by atoms with Crippen molar-refractivity contribution in [3.63, 3.8) is 0 Å². The summed E-state index contributed by atoms with van der Waals surface area (Å²) in [4.78, 5) is 10.7. The molecule has 2 aromatic rings. The number of phenols is 1. The van der Waals surface area contributed by atoms with Crippen LogP contribution in [0.4, 0.5) is 4.39 Å². The Morgan fingerprint density at radius 2 is 1.86 bits per heavy atom. The molecule has 1 N–H and O–H groups in total. The number of hydrogen-bond acceptors (Lipinski definition) is 2. The average Bonchev–Trinajstić information content (AvgIpc) is 2.18. The van der Waals surface area contributed by atoms with Crippen molar-refractivity contribution in [2.75, 3.05) is 0 Å². The Kier molecular flexibility index (Phi) is 1.93. The predicted octanol–water partition coefficient (Wildman–Crippen LogP) is 2.50. The van der Waals surface area contributed by atoms with Crippen molar-refractivity contribution in [1.29, 1.82) is 0 Å². The molecule has 2 nitrogen and oxygen atoms in total. The predicted molar refractivity (Wildman–Crippen MR) is 51.0 cm³/mol. The molecule has 0 heterocycles. The van der Waals surface area contributed by atoms with Gasteiger partial charge in [-0.25, -0.2) is 4.39 Å². The number of aromatic hydroxyl groups is 1. The van der Waals surface area contributed by atoms with Crippen LogP contribution in [0.15, 0.2) is 30.3 Å². The van der Waals surface area contributed by atoms with Gasteiger partial charge in [-0.1, -0.05) is 24.3 Å². The maximum Gasteiger partial charge on any atom is 0.154 e. The van der Waals surface area contributed by atoms with Gasteiger partial charge in [0.2, 0.25) is 0 Å². The third-order valence-electron chi connectivity index (χ3n) is 2.13. The van der Waals surface area contributed by atoms with Gasteiger partial charge in [0.25, 0.3) is 0 Å². The maximum absolute atomic E-state index is 13.3. The first-order chi connectivity index (χ1) is 6.74. The summed E-state index contributed by atoms with van der Waals surface area (Å²) in [6.07, 6.45) is 0.525. The highest BCUT2D eigenvalue weighted by Gasteiger charge is 2.09. The van der Waals surface area contributed by atoms with Crippen LogP contribution in [0.5, 0.6) is 5.75 Å². The zero-order chi connectivity index (χ0) is 10.1. The van der Waals surface area contributed by atoms with Gasteiger partial charge in [0.15, 0.2) is 6.29 Å². The highest BCUT2D eigenvalue weighted by Crippen LogP contribution is 2.27. The Hall–Kier alpha value is -1.90. The number of carbonyl (C=O) groups excluding carboxylic acids is 1. The average molecular weight is 190 g/mol. The monoisotopic (exact) mass is 190 g/mol. The van der Waals surface area contributed by atoms with Gasteiger partial charge in [-0.2, -0.15) is 0 Å². The first-order valence-electron chi connectivity index (χ1n) is 4.09.